The van der Waals surface area contributed by atoms with Gasteiger partial charge in [0.15, 0.2) is 6.23 Å². The van der Waals surface area contributed by atoms with Crippen LogP contribution in [0.1, 0.15) is 49.8 Å². The molecule has 0 radical (unpaired) electrons. The number of benzene rings is 3. The number of likely N-dealkylation sites (N-methyl/N-ethyl adjacent to an activating group) is 1. The van der Waals surface area contributed by atoms with E-state index in [4.69, 9.17) is 9.47 Å². The van der Waals surface area contributed by atoms with Crippen molar-refractivity contribution in [2.45, 2.75) is 51.0 Å². The predicted molar refractivity (Wildman–Crippen MR) is 161 cm³/mol. The van der Waals surface area contributed by atoms with Crippen molar-refractivity contribution in [3.05, 3.63) is 96.1 Å². The fourth-order valence-electron chi connectivity index (χ4n) is 5.75. The van der Waals surface area contributed by atoms with Gasteiger partial charge in [-0.3, -0.25) is 4.90 Å². The minimum atomic E-state index is -0.141. The molecule has 40 heavy (non-hydrogen) atoms. The SMILES string of the molecule is CC(=O)CCC(Oc1ccccc1N1CCN(C)CC1)N1CCC(OC(c2ccccc2)c2ccccc2)CC1. The summed E-state index contributed by atoms with van der Waals surface area (Å²) in [6.45, 7) is 7.48. The monoisotopic (exact) mass is 541 g/mol. The van der Waals surface area contributed by atoms with E-state index in [9.17, 15) is 4.79 Å². The van der Waals surface area contributed by atoms with Crippen molar-refractivity contribution in [3.8, 4) is 5.75 Å². The van der Waals surface area contributed by atoms with E-state index >= 15 is 0 Å². The van der Waals surface area contributed by atoms with Crippen molar-refractivity contribution in [1.82, 2.24) is 9.80 Å². The third-order valence-electron chi connectivity index (χ3n) is 8.13. The molecule has 2 saturated heterocycles. The summed E-state index contributed by atoms with van der Waals surface area (Å²) in [4.78, 5) is 19.2. The zero-order valence-corrected chi connectivity index (χ0v) is 24.0. The topological polar surface area (TPSA) is 45.2 Å². The van der Waals surface area contributed by atoms with Gasteiger partial charge in [0.1, 0.15) is 17.6 Å². The second kappa shape index (κ2) is 13.9. The fourth-order valence-corrected chi connectivity index (χ4v) is 5.75. The zero-order valence-electron chi connectivity index (χ0n) is 24.0. The van der Waals surface area contributed by atoms with Crippen LogP contribution in [0.3, 0.4) is 0 Å². The van der Waals surface area contributed by atoms with Gasteiger partial charge in [0.25, 0.3) is 0 Å². The minimum absolute atomic E-state index is 0.0841. The van der Waals surface area contributed by atoms with Crippen LogP contribution in [0.5, 0.6) is 5.75 Å². The Kier molecular flexibility index (Phi) is 9.87. The molecule has 0 N–H and O–H groups in total. The summed E-state index contributed by atoms with van der Waals surface area (Å²) >= 11 is 0. The Labute approximate surface area is 239 Å². The summed E-state index contributed by atoms with van der Waals surface area (Å²) in [5.41, 5.74) is 3.51. The standard InChI is InChI=1S/C34H43N3O3/c1-27(38)17-18-33(40-32-16-10-9-15-31(32)36-25-23-35(2)24-26-36)37-21-19-30(20-22-37)39-34(28-11-5-3-6-12-28)29-13-7-4-8-14-29/h3-16,30,33-34H,17-26H2,1-2H3. The molecule has 0 aliphatic carbocycles. The van der Waals surface area contributed by atoms with Gasteiger partial charge >= 0.3 is 0 Å². The Bertz CT molecular complexity index is 1150. The molecule has 3 aromatic carbocycles. The quantitative estimate of drug-likeness (QED) is 0.307. The maximum atomic E-state index is 12.0. The molecule has 6 nitrogen and oxygen atoms in total. The van der Waals surface area contributed by atoms with Crippen LogP contribution < -0.4 is 9.64 Å². The number of ketones is 1. The van der Waals surface area contributed by atoms with E-state index in [1.54, 1.807) is 6.92 Å². The average Bonchev–Trinajstić information content (AvgIpc) is 3.00. The number of hydrogen-bond acceptors (Lipinski definition) is 6. The lowest BCUT2D eigenvalue weighted by Crippen LogP contribution is -2.47. The van der Waals surface area contributed by atoms with E-state index in [2.05, 4.69) is 88.5 Å². The van der Waals surface area contributed by atoms with E-state index in [0.29, 0.717) is 12.8 Å². The third kappa shape index (κ3) is 7.51. The molecule has 0 aromatic heterocycles. The number of ether oxygens (including phenoxy) is 2. The summed E-state index contributed by atoms with van der Waals surface area (Å²) in [5.74, 6) is 1.11. The highest BCUT2D eigenvalue weighted by molar-refractivity contribution is 5.75. The van der Waals surface area contributed by atoms with Crippen LogP contribution in [-0.4, -0.2) is 74.2 Å². The van der Waals surface area contributed by atoms with E-state index in [1.807, 2.05) is 18.2 Å². The first-order valence-electron chi connectivity index (χ1n) is 14.7. The Morgan fingerprint density at radius 1 is 0.800 bits per heavy atom. The fraction of sp³-hybridized carbons (Fsp3) is 0.441. The van der Waals surface area contributed by atoms with Crippen molar-refractivity contribution < 1.29 is 14.3 Å². The maximum absolute atomic E-state index is 12.0. The van der Waals surface area contributed by atoms with Crippen LogP contribution in [-0.2, 0) is 9.53 Å². The highest BCUT2D eigenvalue weighted by atomic mass is 16.5. The summed E-state index contributed by atoms with van der Waals surface area (Å²) in [5, 5.41) is 0. The first-order valence-corrected chi connectivity index (χ1v) is 14.7. The van der Waals surface area contributed by atoms with E-state index in [0.717, 1.165) is 63.5 Å². The predicted octanol–water partition coefficient (Wildman–Crippen LogP) is 5.78. The Morgan fingerprint density at radius 2 is 1.38 bits per heavy atom. The van der Waals surface area contributed by atoms with Gasteiger partial charge in [-0.15, -0.1) is 0 Å². The normalized spacial score (nSPS) is 18.1. The number of carbonyl (C=O) groups excluding carboxylic acids is 1. The highest BCUT2D eigenvalue weighted by Gasteiger charge is 2.30. The molecule has 6 heteroatoms. The molecule has 1 atom stereocenters. The van der Waals surface area contributed by atoms with Crippen LogP contribution in [0.4, 0.5) is 5.69 Å². The van der Waals surface area contributed by atoms with Gasteiger partial charge in [-0.25, -0.2) is 0 Å². The molecule has 2 heterocycles. The molecule has 0 saturated carbocycles. The van der Waals surface area contributed by atoms with Crippen molar-refractivity contribution in [3.63, 3.8) is 0 Å². The van der Waals surface area contributed by atoms with Crippen molar-refractivity contribution in [2.24, 2.45) is 0 Å². The molecular weight excluding hydrogens is 498 g/mol. The highest BCUT2D eigenvalue weighted by Crippen LogP contribution is 2.33. The van der Waals surface area contributed by atoms with Crippen LogP contribution in [0.25, 0.3) is 0 Å². The second-order valence-corrected chi connectivity index (χ2v) is 11.1. The lowest BCUT2D eigenvalue weighted by atomic mass is 10.00. The summed E-state index contributed by atoms with van der Waals surface area (Å²) in [6, 6.07) is 29.4. The first kappa shape index (κ1) is 28.3. The number of rotatable bonds is 11. The Morgan fingerprint density at radius 3 is 1.98 bits per heavy atom. The van der Waals surface area contributed by atoms with Crippen LogP contribution in [0.2, 0.25) is 0 Å². The summed E-state index contributed by atoms with van der Waals surface area (Å²) < 4.78 is 13.5. The second-order valence-electron chi connectivity index (χ2n) is 11.1. The van der Waals surface area contributed by atoms with Crippen LogP contribution in [0, 0.1) is 0 Å². The lowest BCUT2D eigenvalue weighted by Gasteiger charge is -2.39. The number of piperidine rings is 1. The van der Waals surface area contributed by atoms with Crippen LogP contribution >= 0.6 is 0 Å². The molecular formula is C34H43N3O3. The number of hydrogen-bond donors (Lipinski definition) is 0. The third-order valence-corrected chi connectivity index (χ3v) is 8.13. The number of para-hydroxylation sites is 2. The molecule has 2 aliphatic heterocycles. The molecule has 2 aliphatic rings. The van der Waals surface area contributed by atoms with Gasteiger partial charge in [-0.1, -0.05) is 72.8 Å². The number of carbonyl (C=O) groups is 1. The van der Waals surface area contributed by atoms with Gasteiger partial charge in [0, 0.05) is 52.1 Å². The first-order chi connectivity index (χ1) is 19.6. The number of likely N-dealkylation sites (tertiary alicyclic amines) is 1. The van der Waals surface area contributed by atoms with Gasteiger partial charge in [0.05, 0.1) is 11.8 Å². The molecule has 0 bridgehead atoms. The van der Waals surface area contributed by atoms with Crippen LogP contribution in [0.15, 0.2) is 84.9 Å². The molecule has 212 valence electrons. The largest absolute Gasteiger partial charge is 0.473 e. The molecule has 0 spiro atoms. The van der Waals surface area contributed by atoms with Crippen molar-refractivity contribution in [2.75, 3.05) is 51.2 Å². The maximum Gasteiger partial charge on any atom is 0.153 e. The molecule has 5 rings (SSSR count). The number of nitrogens with zero attached hydrogens (tertiary/aromatic N) is 3. The van der Waals surface area contributed by atoms with E-state index in [1.165, 1.54) is 11.1 Å². The molecule has 1 unspecified atom stereocenters. The van der Waals surface area contributed by atoms with E-state index in [-0.39, 0.29) is 24.2 Å². The lowest BCUT2D eigenvalue weighted by molar-refractivity contribution is -0.118. The number of piperazine rings is 1. The van der Waals surface area contributed by atoms with E-state index < -0.39 is 0 Å². The smallest absolute Gasteiger partial charge is 0.153 e. The Hall–Kier alpha value is -3.19. The molecule has 0 amide bonds. The molecule has 2 fully saturated rings. The summed E-state index contributed by atoms with van der Waals surface area (Å²) in [6.07, 6.45) is 2.99. The number of Topliss-reactive ketones (excluding diaryl/α,β-unsaturated/α-hetero) is 1. The van der Waals surface area contributed by atoms with Gasteiger partial charge < -0.3 is 24.1 Å². The average molecular weight is 542 g/mol. The minimum Gasteiger partial charge on any atom is -0.473 e. The van der Waals surface area contributed by atoms with Crippen molar-refractivity contribution >= 4 is 11.5 Å². The van der Waals surface area contributed by atoms with Gasteiger partial charge in [-0.2, -0.15) is 0 Å². The molecule has 3 aromatic rings. The Balaban J connectivity index is 1.26. The zero-order chi connectivity index (χ0) is 27.7. The summed E-state index contributed by atoms with van der Waals surface area (Å²) in [7, 11) is 2.17. The van der Waals surface area contributed by atoms with Crippen molar-refractivity contribution in [1.29, 1.82) is 0 Å². The van der Waals surface area contributed by atoms with Gasteiger partial charge in [0.2, 0.25) is 0 Å². The van der Waals surface area contributed by atoms with Gasteiger partial charge in [-0.05, 0) is 50.1 Å². The number of anilines is 1.